The van der Waals surface area contributed by atoms with Gasteiger partial charge in [0.25, 0.3) is 0 Å². The van der Waals surface area contributed by atoms with Gasteiger partial charge in [0.2, 0.25) is 0 Å². The number of hydrogen-bond acceptors (Lipinski definition) is 0. The first-order valence-electron chi connectivity index (χ1n) is 8.00. The average molecular weight is 389 g/mol. The van der Waals surface area contributed by atoms with Gasteiger partial charge in [0.05, 0.1) is 0 Å². The number of allylic oxidation sites excluding steroid dienone is 8. The van der Waals surface area contributed by atoms with Gasteiger partial charge in [-0.25, -0.2) is 0 Å². The van der Waals surface area contributed by atoms with Gasteiger partial charge in [0, 0.05) is 0 Å². The third-order valence-electron chi connectivity index (χ3n) is 6.88. The first kappa shape index (κ1) is 17.1. The van der Waals surface area contributed by atoms with E-state index in [2.05, 4.69) is 69.2 Å². The van der Waals surface area contributed by atoms with Gasteiger partial charge < -0.3 is 0 Å². The van der Waals surface area contributed by atoms with Gasteiger partial charge in [-0.1, -0.05) is 0 Å². The molecule has 21 heavy (non-hydrogen) atoms. The molecule has 0 amide bonds. The second-order valence-electron chi connectivity index (χ2n) is 7.38. The third-order valence-corrected chi connectivity index (χ3v) is 14.0. The van der Waals surface area contributed by atoms with Crippen molar-refractivity contribution in [3.8, 4) is 0 Å². The summed E-state index contributed by atoms with van der Waals surface area (Å²) in [6.45, 7) is 23.8. The fourth-order valence-electron chi connectivity index (χ4n) is 4.06. The normalized spacial score (nSPS) is 24.9. The van der Waals surface area contributed by atoms with E-state index in [1.54, 1.807) is 44.6 Å². The molecule has 0 aromatic rings. The molecule has 2 aliphatic rings. The predicted octanol–water partition coefficient (Wildman–Crippen LogP) is 6.42. The van der Waals surface area contributed by atoms with Crippen LogP contribution in [0.3, 0.4) is 0 Å². The van der Waals surface area contributed by atoms with Crippen LogP contribution >= 0.6 is 0 Å². The SMILES string of the molecule is CC1=C(C)[C](C)([Sn][C]2(C)C(C)=C(C)C(C)=C2C)C(C)=C1C. The van der Waals surface area contributed by atoms with E-state index in [9.17, 15) is 0 Å². The molecule has 0 saturated heterocycles. The van der Waals surface area contributed by atoms with Crippen molar-refractivity contribution >= 4 is 21.1 Å². The van der Waals surface area contributed by atoms with Crippen molar-refractivity contribution in [1.82, 2.24) is 0 Å². The summed E-state index contributed by atoms with van der Waals surface area (Å²) in [5.41, 5.74) is 12.8. The summed E-state index contributed by atoms with van der Waals surface area (Å²) >= 11 is -0.729. The molecule has 114 valence electrons. The summed E-state index contributed by atoms with van der Waals surface area (Å²) in [5, 5.41) is 0. The second-order valence-corrected chi connectivity index (χ2v) is 13.8. The van der Waals surface area contributed by atoms with Gasteiger partial charge in [-0.3, -0.25) is 0 Å². The van der Waals surface area contributed by atoms with Crippen molar-refractivity contribution in [2.45, 2.75) is 76.1 Å². The fraction of sp³-hybridized carbons (Fsp3) is 0.600. The van der Waals surface area contributed by atoms with Crippen molar-refractivity contribution in [2.24, 2.45) is 0 Å². The summed E-state index contributed by atoms with van der Waals surface area (Å²) < 4.78 is 0.749. The Morgan fingerprint density at radius 1 is 0.476 bits per heavy atom. The molecule has 0 spiro atoms. The molecule has 2 aliphatic carbocycles. The van der Waals surface area contributed by atoms with Crippen LogP contribution in [0.2, 0.25) is 6.86 Å². The Bertz CT molecular complexity index is 531. The summed E-state index contributed by atoms with van der Waals surface area (Å²) in [4.78, 5) is 0. The zero-order valence-corrected chi connectivity index (χ0v) is 18.4. The van der Waals surface area contributed by atoms with E-state index in [1.165, 1.54) is 0 Å². The second kappa shape index (κ2) is 5.15. The molecule has 0 saturated carbocycles. The Morgan fingerprint density at radius 2 is 0.667 bits per heavy atom. The van der Waals surface area contributed by atoms with Gasteiger partial charge >= 0.3 is 142 Å². The van der Waals surface area contributed by atoms with E-state index >= 15 is 0 Å². The van der Waals surface area contributed by atoms with Crippen LogP contribution in [0.25, 0.3) is 0 Å². The van der Waals surface area contributed by atoms with Crippen molar-refractivity contribution in [3.63, 3.8) is 0 Å². The van der Waals surface area contributed by atoms with Gasteiger partial charge in [0.1, 0.15) is 0 Å². The molecular weight excluding hydrogens is 359 g/mol. The van der Waals surface area contributed by atoms with Crippen LogP contribution in [0, 0.1) is 0 Å². The molecule has 0 N–H and O–H groups in total. The van der Waals surface area contributed by atoms with E-state index in [1.807, 2.05) is 0 Å². The molecule has 0 heterocycles. The van der Waals surface area contributed by atoms with Crippen molar-refractivity contribution < 1.29 is 0 Å². The maximum atomic E-state index is 2.53. The van der Waals surface area contributed by atoms with Gasteiger partial charge in [-0.15, -0.1) is 0 Å². The fourth-order valence-corrected chi connectivity index (χ4v) is 11.2. The molecule has 0 atom stereocenters. The predicted molar refractivity (Wildman–Crippen MR) is 96.0 cm³/mol. The first-order chi connectivity index (χ1) is 9.48. The van der Waals surface area contributed by atoms with Gasteiger partial charge in [-0.05, 0) is 0 Å². The molecule has 0 aromatic carbocycles. The summed E-state index contributed by atoms with van der Waals surface area (Å²) in [6, 6.07) is 0. The zero-order chi connectivity index (χ0) is 16.3. The zero-order valence-electron chi connectivity index (χ0n) is 15.5. The van der Waals surface area contributed by atoms with E-state index in [0.29, 0.717) is 6.86 Å². The molecule has 2 radical (unpaired) electrons. The quantitative estimate of drug-likeness (QED) is 0.478. The Morgan fingerprint density at radius 3 is 0.857 bits per heavy atom. The maximum absolute atomic E-state index is 2.53. The summed E-state index contributed by atoms with van der Waals surface area (Å²) in [5.74, 6) is 0. The first-order valence-corrected chi connectivity index (χ1v) is 10.9. The van der Waals surface area contributed by atoms with Crippen LogP contribution in [0.5, 0.6) is 0 Å². The molecule has 2 rings (SSSR count). The third kappa shape index (κ3) is 2.16. The molecule has 0 nitrogen and oxygen atoms in total. The molecule has 1 heteroatoms. The number of hydrogen-bond donors (Lipinski definition) is 0. The van der Waals surface area contributed by atoms with E-state index in [4.69, 9.17) is 0 Å². The minimum atomic E-state index is -0.729. The Balaban J connectivity index is 2.54. The van der Waals surface area contributed by atoms with Crippen molar-refractivity contribution in [3.05, 3.63) is 44.6 Å². The standard InChI is InChI=1S/2C10H15.Sn/c2*1-6-7(2)9(4)10(5)8(6)3;/h2*1-5H3;. The molecular formula is C20H30Sn. The summed E-state index contributed by atoms with van der Waals surface area (Å²) in [6.07, 6.45) is 0. The van der Waals surface area contributed by atoms with E-state index in [0.717, 1.165) is 0 Å². The van der Waals surface area contributed by atoms with Gasteiger partial charge in [-0.2, -0.15) is 0 Å². The van der Waals surface area contributed by atoms with Crippen LogP contribution in [0.1, 0.15) is 69.2 Å². The van der Waals surface area contributed by atoms with Gasteiger partial charge in [0.15, 0.2) is 0 Å². The monoisotopic (exact) mass is 390 g/mol. The molecule has 0 aliphatic heterocycles. The van der Waals surface area contributed by atoms with Crippen LogP contribution in [-0.4, -0.2) is 21.1 Å². The molecule has 0 bridgehead atoms. The van der Waals surface area contributed by atoms with Crippen LogP contribution in [0.4, 0.5) is 0 Å². The van der Waals surface area contributed by atoms with E-state index < -0.39 is 21.1 Å². The Kier molecular flexibility index (Phi) is 4.19. The average Bonchev–Trinajstić information content (AvgIpc) is 2.67. The van der Waals surface area contributed by atoms with E-state index in [-0.39, 0.29) is 0 Å². The van der Waals surface area contributed by atoms with Crippen molar-refractivity contribution in [2.75, 3.05) is 0 Å². The number of rotatable bonds is 2. The topological polar surface area (TPSA) is 0 Å². The minimum absolute atomic E-state index is 0.375. The van der Waals surface area contributed by atoms with Crippen LogP contribution in [0.15, 0.2) is 44.6 Å². The Labute approximate surface area is 141 Å². The molecule has 0 unspecified atom stereocenters. The van der Waals surface area contributed by atoms with Crippen molar-refractivity contribution in [1.29, 1.82) is 0 Å². The molecule has 0 fully saturated rings. The van der Waals surface area contributed by atoms with Crippen LogP contribution < -0.4 is 0 Å². The van der Waals surface area contributed by atoms with Crippen LogP contribution in [-0.2, 0) is 0 Å². The Hall–Kier alpha value is -0.241. The summed E-state index contributed by atoms with van der Waals surface area (Å²) in [7, 11) is 0. The molecule has 0 aromatic heterocycles.